The molecule has 0 amide bonds. The van der Waals surface area contributed by atoms with Crippen LogP contribution in [0.5, 0.6) is 0 Å². The first-order valence-electron chi connectivity index (χ1n) is 4.24. The summed E-state index contributed by atoms with van der Waals surface area (Å²) in [6.07, 6.45) is 5.79. The maximum absolute atomic E-state index is 10.1. The van der Waals surface area contributed by atoms with Crippen LogP contribution in [0.1, 0.15) is 32.6 Å². The van der Waals surface area contributed by atoms with Crippen LogP contribution in [-0.4, -0.2) is 22.3 Å². The number of rotatable bonds is 6. The van der Waals surface area contributed by atoms with Crippen LogP contribution in [0.3, 0.4) is 0 Å². The van der Waals surface area contributed by atoms with Crippen LogP contribution in [0.25, 0.3) is 0 Å². The molecular weight excluding hydrogens is 156 g/mol. The molecule has 1 unspecified atom stereocenters. The van der Waals surface area contributed by atoms with Crippen LogP contribution < -0.4 is 0 Å². The van der Waals surface area contributed by atoms with E-state index in [4.69, 9.17) is 10.2 Å². The smallest absolute Gasteiger partial charge is 0.332 e. The van der Waals surface area contributed by atoms with E-state index in [9.17, 15) is 4.79 Å². The first-order chi connectivity index (χ1) is 5.68. The molecule has 0 aromatic rings. The zero-order chi connectivity index (χ0) is 9.40. The maximum atomic E-state index is 10.1. The lowest BCUT2D eigenvalue weighted by Crippen LogP contribution is -2.17. The molecule has 0 aromatic carbocycles. The van der Waals surface area contributed by atoms with Gasteiger partial charge in [0.1, 0.15) is 0 Å². The molecule has 0 saturated heterocycles. The molecule has 0 aliphatic heterocycles. The summed E-state index contributed by atoms with van der Waals surface area (Å²) in [6.45, 7) is 2.10. The van der Waals surface area contributed by atoms with E-state index >= 15 is 0 Å². The molecule has 0 radical (unpaired) electrons. The second-order valence-electron chi connectivity index (χ2n) is 2.70. The largest absolute Gasteiger partial charge is 0.479 e. The van der Waals surface area contributed by atoms with Gasteiger partial charge in [-0.05, 0) is 6.42 Å². The molecule has 70 valence electrons. The molecule has 12 heavy (non-hydrogen) atoms. The Labute approximate surface area is 72.7 Å². The lowest BCUT2D eigenvalue weighted by molar-refractivity contribution is -0.146. The van der Waals surface area contributed by atoms with Crippen LogP contribution in [-0.2, 0) is 4.79 Å². The molecule has 0 bridgehead atoms. The normalized spacial score (nSPS) is 13.5. The number of hydrogen-bond acceptors (Lipinski definition) is 2. The van der Waals surface area contributed by atoms with E-state index in [1.807, 2.05) is 6.08 Å². The summed E-state index contributed by atoms with van der Waals surface area (Å²) in [5, 5.41) is 17.1. The van der Waals surface area contributed by atoms with Crippen LogP contribution in [0, 0.1) is 0 Å². The molecule has 0 aromatic heterocycles. The Morgan fingerprint density at radius 2 is 2.17 bits per heavy atom. The Kier molecular flexibility index (Phi) is 6.38. The number of aliphatic carboxylic acids is 1. The number of unbranched alkanes of at least 4 members (excludes halogenated alkanes) is 2. The molecule has 0 aliphatic rings. The lowest BCUT2D eigenvalue weighted by atomic mass is 10.2. The van der Waals surface area contributed by atoms with Crippen LogP contribution in [0.4, 0.5) is 0 Å². The molecule has 0 fully saturated rings. The minimum atomic E-state index is -1.25. The third kappa shape index (κ3) is 5.92. The lowest BCUT2D eigenvalue weighted by Gasteiger charge is -1.98. The van der Waals surface area contributed by atoms with Gasteiger partial charge in [0.2, 0.25) is 0 Å². The van der Waals surface area contributed by atoms with E-state index in [1.165, 1.54) is 0 Å². The molecule has 0 spiro atoms. The average molecular weight is 172 g/mol. The fraction of sp³-hybridized carbons (Fsp3) is 0.667. The van der Waals surface area contributed by atoms with Crippen molar-refractivity contribution in [2.24, 2.45) is 0 Å². The van der Waals surface area contributed by atoms with Gasteiger partial charge in [-0.15, -0.1) is 0 Å². The molecule has 0 saturated carbocycles. The summed E-state index contributed by atoms with van der Waals surface area (Å²) in [4.78, 5) is 10.1. The van der Waals surface area contributed by atoms with Crippen molar-refractivity contribution in [3.05, 3.63) is 12.2 Å². The van der Waals surface area contributed by atoms with Gasteiger partial charge in [-0.3, -0.25) is 0 Å². The van der Waals surface area contributed by atoms with E-state index in [1.54, 1.807) is 6.08 Å². The monoisotopic (exact) mass is 172 g/mol. The van der Waals surface area contributed by atoms with Crippen molar-refractivity contribution in [3.63, 3.8) is 0 Å². The van der Waals surface area contributed by atoms with E-state index in [2.05, 4.69) is 6.92 Å². The third-order valence-corrected chi connectivity index (χ3v) is 1.54. The van der Waals surface area contributed by atoms with Crippen LogP contribution in [0.2, 0.25) is 0 Å². The molecule has 3 heteroatoms. The van der Waals surface area contributed by atoms with Crippen molar-refractivity contribution in [1.29, 1.82) is 0 Å². The third-order valence-electron chi connectivity index (χ3n) is 1.54. The fourth-order valence-corrected chi connectivity index (χ4v) is 0.766. The Balaban J connectivity index is 3.40. The average Bonchev–Trinajstić information content (AvgIpc) is 2.03. The predicted octanol–water partition coefficient (Wildman–Crippen LogP) is 1.57. The Bertz CT molecular complexity index is 152. The van der Waals surface area contributed by atoms with Crippen molar-refractivity contribution in [1.82, 2.24) is 0 Å². The van der Waals surface area contributed by atoms with Gasteiger partial charge in [-0.25, -0.2) is 4.79 Å². The van der Waals surface area contributed by atoms with Gasteiger partial charge in [-0.2, -0.15) is 0 Å². The summed E-state index contributed by atoms with van der Waals surface area (Å²) in [5.74, 6) is -1.16. The standard InChI is InChI=1S/C9H16O3/c1-2-3-4-5-6-7-8(10)9(11)12/h5-6,8,10H,2-4,7H2,1H3,(H,11,12). The number of carboxylic acid groups (broad SMARTS) is 1. The molecule has 2 N–H and O–H groups in total. The first-order valence-corrected chi connectivity index (χ1v) is 4.24. The van der Waals surface area contributed by atoms with E-state index in [0.29, 0.717) is 0 Å². The number of carbonyl (C=O) groups is 1. The topological polar surface area (TPSA) is 57.5 Å². The van der Waals surface area contributed by atoms with Crippen LogP contribution >= 0.6 is 0 Å². The van der Waals surface area contributed by atoms with E-state index < -0.39 is 12.1 Å². The van der Waals surface area contributed by atoms with Crippen molar-refractivity contribution in [2.45, 2.75) is 38.7 Å². The molecule has 0 rings (SSSR count). The highest BCUT2D eigenvalue weighted by Crippen LogP contribution is 1.98. The fourth-order valence-electron chi connectivity index (χ4n) is 0.766. The summed E-state index contributed by atoms with van der Waals surface area (Å²) in [5.41, 5.74) is 0. The van der Waals surface area contributed by atoms with E-state index in [0.717, 1.165) is 19.3 Å². The molecule has 0 aliphatic carbocycles. The number of aliphatic hydroxyl groups is 1. The number of aliphatic hydroxyl groups excluding tert-OH is 1. The van der Waals surface area contributed by atoms with Gasteiger partial charge in [-0.1, -0.05) is 31.9 Å². The maximum Gasteiger partial charge on any atom is 0.332 e. The van der Waals surface area contributed by atoms with Crippen LogP contribution in [0.15, 0.2) is 12.2 Å². The molecule has 1 atom stereocenters. The minimum Gasteiger partial charge on any atom is -0.479 e. The summed E-state index contributed by atoms with van der Waals surface area (Å²) in [7, 11) is 0. The molecule has 0 heterocycles. The van der Waals surface area contributed by atoms with Gasteiger partial charge in [0.15, 0.2) is 6.10 Å². The van der Waals surface area contributed by atoms with Crippen molar-refractivity contribution in [2.75, 3.05) is 0 Å². The Hall–Kier alpha value is -0.830. The Morgan fingerprint density at radius 1 is 1.50 bits per heavy atom. The summed E-state index contributed by atoms with van der Waals surface area (Å²) < 4.78 is 0. The second-order valence-corrected chi connectivity index (χ2v) is 2.70. The number of allylic oxidation sites excluding steroid dienone is 1. The minimum absolute atomic E-state index is 0.207. The van der Waals surface area contributed by atoms with E-state index in [-0.39, 0.29) is 6.42 Å². The summed E-state index contributed by atoms with van der Waals surface area (Å²) in [6, 6.07) is 0. The first kappa shape index (κ1) is 11.2. The molecule has 3 nitrogen and oxygen atoms in total. The highest BCUT2D eigenvalue weighted by Gasteiger charge is 2.09. The number of carboxylic acids is 1. The van der Waals surface area contributed by atoms with Crippen molar-refractivity contribution >= 4 is 5.97 Å². The number of hydrogen-bond donors (Lipinski definition) is 2. The predicted molar refractivity (Wildman–Crippen MR) is 46.9 cm³/mol. The van der Waals surface area contributed by atoms with Gasteiger partial charge < -0.3 is 10.2 Å². The van der Waals surface area contributed by atoms with Gasteiger partial charge in [0.25, 0.3) is 0 Å². The highest BCUT2D eigenvalue weighted by atomic mass is 16.4. The zero-order valence-corrected chi connectivity index (χ0v) is 7.36. The van der Waals surface area contributed by atoms with Gasteiger partial charge in [0, 0.05) is 6.42 Å². The van der Waals surface area contributed by atoms with Gasteiger partial charge >= 0.3 is 5.97 Å². The second kappa shape index (κ2) is 6.85. The Morgan fingerprint density at radius 3 is 2.67 bits per heavy atom. The highest BCUT2D eigenvalue weighted by molar-refractivity contribution is 5.72. The zero-order valence-electron chi connectivity index (χ0n) is 7.36. The van der Waals surface area contributed by atoms with Crippen molar-refractivity contribution in [3.8, 4) is 0 Å². The van der Waals surface area contributed by atoms with Gasteiger partial charge in [0.05, 0.1) is 0 Å². The quantitative estimate of drug-likeness (QED) is 0.472. The summed E-state index contributed by atoms with van der Waals surface area (Å²) >= 11 is 0. The van der Waals surface area contributed by atoms with Crippen molar-refractivity contribution < 1.29 is 15.0 Å². The molecular formula is C9H16O3. The SMILES string of the molecule is CCCCC=CCC(O)C(=O)O.